The zero-order chi connectivity index (χ0) is 23.7. The topological polar surface area (TPSA) is 106 Å². The third-order valence-corrected chi connectivity index (χ3v) is 5.38. The van der Waals surface area contributed by atoms with Crippen LogP contribution in [0, 0.1) is 0 Å². The summed E-state index contributed by atoms with van der Waals surface area (Å²) in [5.41, 5.74) is 2.43. The van der Waals surface area contributed by atoms with Crippen molar-refractivity contribution in [1.29, 1.82) is 0 Å². The van der Waals surface area contributed by atoms with Gasteiger partial charge in [-0.25, -0.2) is 4.52 Å². The van der Waals surface area contributed by atoms with E-state index < -0.39 is 0 Å². The number of hydrogen-bond donors (Lipinski definition) is 0. The average molecular weight is 459 g/mol. The molecule has 0 amide bonds. The van der Waals surface area contributed by atoms with Crippen LogP contribution in [0.2, 0.25) is 0 Å². The second-order valence-corrected chi connectivity index (χ2v) is 7.40. The first-order valence-corrected chi connectivity index (χ1v) is 10.4. The molecule has 0 N–H and O–H groups in total. The maximum atomic E-state index is 13.1. The molecular weight excluding hydrogens is 438 g/mol. The lowest BCUT2D eigenvalue weighted by Gasteiger charge is -2.07. The third-order valence-electron chi connectivity index (χ3n) is 5.38. The van der Waals surface area contributed by atoms with Gasteiger partial charge in [0.2, 0.25) is 11.7 Å². The molecule has 0 saturated heterocycles. The largest absolute Gasteiger partial charge is 0.497 e. The monoisotopic (exact) mass is 459 g/mol. The normalized spacial score (nSPS) is 11.0. The maximum absolute atomic E-state index is 13.1. The molecule has 0 aliphatic carbocycles. The summed E-state index contributed by atoms with van der Waals surface area (Å²) in [5, 5.41) is 8.55. The van der Waals surface area contributed by atoms with Crippen LogP contribution in [-0.2, 0) is 6.54 Å². The van der Waals surface area contributed by atoms with Gasteiger partial charge in [0.15, 0.2) is 11.5 Å². The molecule has 3 aromatic heterocycles. The van der Waals surface area contributed by atoms with E-state index in [1.807, 2.05) is 24.3 Å². The van der Waals surface area contributed by atoms with Gasteiger partial charge in [-0.05, 0) is 36.4 Å². The first-order valence-electron chi connectivity index (χ1n) is 10.4. The second-order valence-electron chi connectivity index (χ2n) is 7.40. The fraction of sp³-hybridized carbons (Fsp3) is 0.167. The standard InChI is InChI=1S/C24H21N5O5/c1-31-17-6-4-5-15(11-17)18-13-19-24(30)28(9-10-29(19)26-18)14-22-25-23(27-34-22)16-7-8-20(32-2)21(12-16)33-3/h4-13H,14H2,1-3H3. The van der Waals surface area contributed by atoms with E-state index in [4.69, 9.17) is 18.7 Å². The Morgan fingerprint density at radius 3 is 2.56 bits per heavy atom. The summed E-state index contributed by atoms with van der Waals surface area (Å²) in [6.07, 6.45) is 3.35. The van der Waals surface area contributed by atoms with Gasteiger partial charge in [0.25, 0.3) is 5.56 Å². The number of benzene rings is 2. The zero-order valence-electron chi connectivity index (χ0n) is 18.8. The van der Waals surface area contributed by atoms with Gasteiger partial charge in [-0.3, -0.25) is 4.79 Å². The Labute approximate surface area is 193 Å². The number of rotatable bonds is 7. The number of ether oxygens (including phenoxy) is 3. The number of methoxy groups -OCH3 is 3. The molecular formula is C24H21N5O5. The smallest absolute Gasteiger partial charge is 0.277 e. The quantitative estimate of drug-likeness (QED) is 0.365. The molecule has 5 aromatic rings. The van der Waals surface area contributed by atoms with Gasteiger partial charge in [-0.2, -0.15) is 10.1 Å². The number of fused-ring (bicyclic) bond motifs is 1. The Hall–Kier alpha value is -4.60. The maximum Gasteiger partial charge on any atom is 0.277 e. The van der Waals surface area contributed by atoms with Crippen molar-refractivity contribution in [3.8, 4) is 39.9 Å². The van der Waals surface area contributed by atoms with E-state index in [0.717, 1.165) is 5.56 Å². The van der Waals surface area contributed by atoms with Crippen molar-refractivity contribution in [3.63, 3.8) is 0 Å². The molecule has 0 aliphatic rings. The molecule has 0 unspecified atom stereocenters. The van der Waals surface area contributed by atoms with Crippen LogP contribution in [0.3, 0.4) is 0 Å². The molecule has 0 fully saturated rings. The molecule has 172 valence electrons. The molecule has 0 spiro atoms. The predicted octanol–water partition coefficient (Wildman–Crippen LogP) is 3.29. The van der Waals surface area contributed by atoms with Crippen molar-refractivity contribution >= 4 is 5.52 Å². The van der Waals surface area contributed by atoms with Gasteiger partial charge >= 0.3 is 0 Å². The van der Waals surface area contributed by atoms with Gasteiger partial charge in [0, 0.05) is 23.5 Å². The zero-order valence-corrected chi connectivity index (χ0v) is 18.8. The van der Waals surface area contributed by atoms with E-state index in [1.165, 1.54) is 4.57 Å². The average Bonchev–Trinajstić information content (AvgIpc) is 3.53. The fourth-order valence-electron chi connectivity index (χ4n) is 3.63. The molecule has 34 heavy (non-hydrogen) atoms. The Morgan fingerprint density at radius 2 is 1.76 bits per heavy atom. The van der Waals surface area contributed by atoms with Crippen LogP contribution >= 0.6 is 0 Å². The number of nitrogens with zero attached hydrogens (tertiary/aromatic N) is 5. The summed E-state index contributed by atoms with van der Waals surface area (Å²) < 4.78 is 24.3. The van der Waals surface area contributed by atoms with Crippen LogP contribution < -0.4 is 19.8 Å². The van der Waals surface area contributed by atoms with E-state index in [1.54, 1.807) is 62.5 Å². The van der Waals surface area contributed by atoms with Crippen molar-refractivity contribution in [2.24, 2.45) is 0 Å². The lowest BCUT2D eigenvalue weighted by molar-refractivity contribution is 0.355. The van der Waals surface area contributed by atoms with Gasteiger partial charge in [0.1, 0.15) is 17.8 Å². The second kappa shape index (κ2) is 8.74. The van der Waals surface area contributed by atoms with Gasteiger partial charge in [0.05, 0.1) is 27.0 Å². The number of hydrogen-bond acceptors (Lipinski definition) is 8. The van der Waals surface area contributed by atoms with Crippen molar-refractivity contribution in [2.45, 2.75) is 6.54 Å². The van der Waals surface area contributed by atoms with E-state index in [0.29, 0.717) is 45.7 Å². The molecule has 5 rings (SSSR count). The Morgan fingerprint density at radius 1 is 0.912 bits per heavy atom. The van der Waals surface area contributed by atoms with Crippen molar-refractivity contribution < 1.29 is 18.7 Å². The highest BCUT2D eigenvalue weighted by Crippen LogP contribution is 2.31. The molecule has 0 bridgehead atoms. The first kappa shape index (κ1) is 21.3. The van der Waals surface area contributed by atoms with Gasteiger partial charge < -0.3 is 23.3 Å². The highest BCUT2D eigenvalue weighted by atomic mass is 16.5. The van der Waals surface area contributed by atoms with E-state index >= 15 is 0 Å². The molecule has 0 aliphatic heterocycles. The summed E-state index contributed by atoms with van der Waals surface area (Å²) in [6.45, 7) is 0.120. The summed E-state index contributed by atoms with van der Waals surface area (Å²) in [7, 11) is 4.73. The minimum Gasteiger partial charge on any atom is -0.497 e. The molecule has 3 heterocycles. The van der Waals surface area contributed by atoms with Crippen LogP contribution in [0.5, 0.6) is 17.2 Å². The van der Waals surface area contributed by atoms with Crippen LogP contribution in [0.15, 0.2) is 70.2 Å². The molecule has 0 saturated carbocycles. The Bertz CT molecular complexity index is 1530. The minimum absolute atomic E-state index is 0.120. The number of aromatic nitrogens is 5. The van der Waals surface area contributed by atoms with Crippen LogP contribution in [0.25, 0.3) is 28.2 Å². The summed E-state index contributed by atoms with van der Waals surface area (Å²) in [6, 6.07) is 14.6. The Kier molecular flexibility index (Phi) is 5.46. The van der Waals surface area contributed by atoms with Crippen molar-refractivity contribution in [2.75, 3.05) is 21.3 Å². The third kappa shape index (κ3) is 3.85. The highest BCUT2D eigenvalue weighted by molar-refractivity contribution is 5.66. The van der Waals surface area contributed by atoms with Crippen molar-refractivity contribution in [3.05, 3.63) is 77.2 Å². The Balaban J connectivity index is 1.43. The fourth-order valence-corrected chi connectivity index (χ4v) is 3.63. The lowest BCUT2D eigenvalue weighted by Crippen LogP contribution is -2.21. The SMILES string of the molecule is COc1cccc(-c2cc3c(=O)n(Cc4nc(-c5ccc(OC)c(OC)c5)no4)ccn3n2)c1. The molecule has 10 heteroatoms. The van der Waals surface area contributed by atoms with Crippen LogP contribution in [0.4, 0.5) is 0 Å². The summed E-state index contributed by atoms with van der Waals surface area (Å²) >= 11 is 0. The highest BCUT2D eigenvalue weighted by Gasteiger charge is 2.15. The summed E-state index contributed by atoms with van der Waals surface area (Å²) in [4.78, 5) is 17.5. The van der Waals surface area contributed by atoms with E-state index in [9.17, 15) is 4.79 Å². The molecule has 10 nitrogen and oxygen atoms in total. The molecule has 0 atom stereocenters. The van der Waals surface area contributed by atoms with Crippen LogP contribution in [0.1, 0.15) is 5.89 Å². The lowest BCUT2D eigenvalue weighted by atomic mass is 10.1. The molecule has 2 aromatic carbocycles. The van der Waals surface area contributed by atoms with E-state index in [2.05, 4.69) is 15.2 Å². The van der Waals surface area contributed by atoms with Crippen molar-refractivity contribution in [1.82, 2.24) is 24.3 Å². The minimum atomic E-state index is -0.227. The van der Waals surface area contributed by atoms with Crippen LogP contribution in [-0.4, -0.2) is 45.7 Å². The van der Waals surface area contributed by atoms with Gasteiger partial charge in [-0.15, -0.1) is 0 Å². The predicted molar refractivity (Wildman–Crippen MR) is 123 cm³/mol. The van der Waals surface area contributed by atoms with Gasteiger partial charge in [-0.1, -0.05) is 17.3 Å². The van der Waals surface area contributed by atoms with E-state index in [-0.39, 0.29) is 12.1 Å². The first-order chi connectivity index (χ1) is 16.6. The summed E-state index contributed by atoms with van der Waals surface area (Å²) in [5.74, 6) is 2.55. The molecule has 0 radical (unpaired) electrons.